The lowest BCUT2D eigenvalue weighted by Gasteiger charge is -2.35. The number of piperidine rings is 1. The van der Waals surface area contributed by atoms with Crippen LogP contribution in [0.5, 0.6) is 0 Å². The number of rotatable bonds is 5. The molecule has 1 fully saturated rings. The Balaban J connectivity index is 1.63. The van der Waals surface area contributed by atoms with Crippen molar-refractivity contribution in [2.75, 3.05) is 11.9 Å². The van der Waals surface area contributed by atoms with E-state index in [0.717, 1.165) is 25.3 Å². The van der Waals surface area contributed by atoms with Gasteiger partial charge in [-0.1, -0.05) is 6.42 Å². The molecule has 1 atom stereocenters. The van der Waals surface area contributed by atoms with Crippen molar-refractivity contribution in [1.29, 1.82) is 0 Å². The highest BCUT2D eigenvalue weighted by Crippen LogP contribution is 2.23. The number of aromatic nitrogens is 4. The van der Waals surface area contributed by atoms with Gasteiger partial charge in [0.25, 0.3) is 0 Å². The maximum atomic E-state index is 11.1. The van der Waals surface area contributed by atoms with Crippen molar-refractivity contribution in [3.63, 3.8) is 0 Å². The molecule has 0 saturated carbocycles. The molecule has 3 rings (SSSR count). The monoisotopic (exact) mass is 320 g/mol. The van der Waals surface area contributed by atoms with Crippen LogP contribution in [0.2, 0.25) is 0 Å². The number of nitrogens with zero attached hydrogens (tertiary/aromatic N) is 5. The molecule has 22 heavy (non-hydrogen) atoms. The summed E-state index contributed by atoms with van der Waals surface area (Å²) in [5.41, 5.74) is 1.01. The van der Waals surface area contributed by atoms with Crippen molar-refractivity contribution in [2.24, 2.45) is 0 Å². The zero-order valence-electron chi connectivity index (χ0n) is 12.6. The highest BCUT2D eigenvalue weighted by molar-refractivity contribution is 7.13. The van der Waals surface area contributed by atoms with Crippen molar-refractivity contribution >= 4 is 22.4 Å². The van der Waals surface area contributed by atoms with E-state index in [1.54, 1.807) is 12.7 Å². The average molecular weight is 320 g/mol. The van der Waals surface area contributed by atoms with Gasteiger partial charge < -0.3 is 5.32 Å². The number of hydrogen-bond acceptors (Lipinski definition) is 6. The van der Waals surface area contributed by atoms with Gasteiger partial charge in [0.15, 0.2) is 5.13 Å². The normalized spacial score (nSPS) is 19.2. The Kier molecular flexibility index (Phi) is 4.79. The number of anilines is 1. The number of amides is 1. The molecule has 0 bridgehead atoms. The molecule has 1 aliphatic heterocycles. The van der Waals surface area contributed by atoms with Gasteiger partial charge in [-0.3, -0.25) is 14.4 Å². The largest absolute Gasteiger partial charge is 0.302 e. The molecule has 0 unspecified atom stereocenters. The topological polar surface area (TPSA) is 75.9 Å². The molecule has 3 heterocycles. The molecule has 8 heteroatoms. The Labute approximate surface area is 133 Å². The highest BCUT2D eigenvalue weighted by atomic mass is 32.1. The van der Waals surface area contributed by atoms with Gasteiger partial charge in [-0.2, -0.15) is 5.10 Å². The SMILES string of the molecule is CC(=O)Nc1nc(CN2CCCC[C@H]2Cn2cncn2)cs1. The van der Waals surface area contributed by atoms with Crippen LogP contribution in [0.1, 0.15) is 31.9 Å². The molecule has 2 aromatic heterocycles. The predicted molar refractivity (Wildman–Crippen MR) is 84.5 cm³/mol. The third-order valence-electron chi connectivity index (χ3n) is 3.81. The van der Waals surface area contributed by atoms with Crippen LogP contribution < -0.4 is 5.32 Å². The van der Waals surface area contributed by atoms with Crippen LogP contribution in [0.4, 0.5) is 5.13 Å². The van der Waals surface area contributed by atoms with E-state index in [2.05, 4.69) is 25.3 Å². The van der Waals surface area contributed by atoms with Crippen LogP contribution in [-0.4, -0.2) is 43.1 Å². The van der Waals surface area contributed by atoms with Gasteiger partial charge in [0.2, 0.25) is 5.91 Å². The molecule has 1 aliphatic rings. The minimum Gasteiger partial charge on any atom is -0.302 e. The van der Waals surface area contributed by atoms with Crippen LogP contribution in [0.15, 0.2) is 18.0 Å². The summed E-state index contributed by atoms with van der Waals surface area (Å²) >= 11 is 1.48. The van der Waals surface area contributed by atoms with Crippen LogP contribution in [-0.2, 0) is 17.9 Å². The van der Waals surface area contributed by atoms with Gasteiger partial charge in [-0.15, -0.1) is 11.3 Å². The predicted octanol–water partition coefficient (Wildman–Crippen LogP) is 1.75. The second-order valence-electron chi connectivity index (χ2n) is 5.56. The van der Waals surface area contributed by atoms with Gasteiger partial charge in [0.05, 0.1) is 12.2 Å². The van der Waals surface area contributed by atoms with E-state index >= 15 is 0 Å². The lowest BCUT2D eigenvalue weighted by atomic mass is 10.0. The van der Waals surface area contributed by atoms with E-state index in [1.807, 2.05) is 10.1 Å². The van der Waals surface area contributed by atoms with E-state index in [9.17, 15) is 4.79 Å². The Hall–Kier alpha value is -1.80. The van der Waals surface area contributed by atoms with Crippen molar-refractivity contribution in [3.8, 4) is 0 Å². The van der Waals surface area contributed by atoms with E-state index in [1.165, 1.54) is 37.5 Å². The van der Waals surface area contributed by atoms with E-state index in [-0.39, 0.29) is 5.91 Å². The maximum Gasteiger partial charge on any atom is 0.223 e. The summed E-state index contributed by atoms with van der Waals surface area (Å²) in [5.74, 6) is -0.0806. The Bertz CT molecular complexity index is 611. The minimum absolute atomic E-state index is 0.0806. The Morgan fingerprint density at radius 3 is 3.18 bits per heavy atom. The maximum absolute atomic E-state index is 11.1. The Morgan fingerprint density at radius 1 is 1.50 bits per heavy atom. The first-order valence-electron chi connectivity index (χ1n) is 7.49. The minimum atomic E-state index is -0.0806. The summed E-state index contributed by atoms with van der Waals surface area (Å²) in [7, 11) is 0. The van der Waals surface area contributed by atoms with E-state index < -0.39 is 0 Å². The van der Waals surface area contributed by atoms with Crippen LogP contribution >= 0.6 is 11.3 Å². The van der Waals surface area contributed by atoms with Gasteiger partial charge in [0.1, 0.15) is 12.7 Å². The zero-order valence-corrected chi connectivity index (χ0v) is 13.4. The fourth-order valence-corrected chi connectivity index (χ4v) is 3.56. The molecule has 0 spiro atoms. The third-order valence-corrected chi connectivity index (χ3v) is 4.62. The molecule has 118 valence electrons. The molecule has 7 nitrogen and oxygen atoms in total. The van der Waals surface area contributed by atoms with Crippen LogP contribution in [0, 0.1) is 0 Å². The molecule has 0 radical (unpaired) electrons. The fraction of sp³-hybridized carbons (Fsp3) is 0.571. The van der Waals surface area contributed by atoms with Gasteiger partial charge >= 0.3 is 0 Å². The average Bonchev–Trinajstić information content (AvgIpc) is 3.13. The molecular weight excluding hydrogens is 300 g/mol. The summed E-state index contributed by atoms with van der Waals surface area (Å²) in [6.07, 6.45) is 6.99. The van der Waals surface area contributed by atoms with E-state index in [4.69, 9.17) is 0 Å². The molecule has 0 aliphatic carbocycles. The van der Waals surface area contributed by atoms with Crippen LogP contribution in [0.3, 0.4) is 0 Å². The lowest BCUT2D eigenvalue weighted by molar-refractivity contribution is -0.114. The molecule has 1 N–H and O–H groups in total. The number of carbonyl (C=O) groups is 1. The van der Waals surface area contributed by atoms with Crippen molar-refractivity contribution < 1.29 is 4.79 Å². The third kappa shape index (κ3) is 3.89. The number of nitrogens with one attached hydrogen (secondary N) is 1. The first kappa shape index (κ1) is 15.1. The van der Waals surface area contributed by atoms with Crippen molar-refractivity contribution in [1.82, 2.24) is 24.6 Å². The smallest absolute Gasteiger partial charge is 0.223 e. The van der Waals surface area contributed by atoms with Gasteiger partial charge in [-0.25, -0.2) is 9.97 Å². The summed E-state index contributed by atoms with van der Waals surface area (Å²) in [5, 5.41) is 9.64. The second kappa shape index (κ2) is 6.97. The number of likely N-dealkylation sites (tertiary alicyclic amines) is 1. The first-order chi connectivity index (χ1) is 10.7. The highest BCUT2D eigenvalue weighted by Gasteiger charge is 2.23. The number of thiazole rings is 1. The standard InChI is InChI=1S/C14H20N6OS/c1-11(21)17-14-18-12(8-22-14)6-19-5-3-2-4-13(19)7-20-10-15-9-16-20/h8-10,13H,2-7H2,1H3,(H,17,18,21)/t13-/m0/s1. The molecule has 1 amide bonds. The van der Waals surface area contributed by atoms with Gasteiger partial charge in [-0.05, 0) is 19.4 Å². The molecular formula is C14H20N6OS. The Morgan fingerprint density at radius 2 is 2.41 bits per heavy atom. The summed E-state index contributed by atoms with van der Waals surface area (Å²) < 4.78 is 1.90. The fourth-order valence-electron chi connectivity index (χ4n) is 2.81. The van der Waals surface area contributed by atoms with Crippen molar-refractivity contribution in [3.05, 3.63) is 23.7 Å². The summed E-state index contributed by atoms with van der Waals surface area (Å²) in [6, 6.07) is 0.460. The molecule has 0 aromatic carbocycles. The van der Waals surface area contributed by atoms with Crippen LogP contribution in [0.25, 0.3) is 0 Å². The first-order valence-corrected chi connectivity index (χ1v) is 8.37. The molecule has 2 aromatic rings. The lowest BCUT2D eigenvalue weighted by Crippen LogP contribution is -2.41. The zero-order chi connectivity index (χ0) is 15.4. The van der Waals surface area contributed by atoms with E-state index in [0.29, 0.717) is 11.2 Å². The number of hydrogen-bond donors (Lipinski definition) is 1. The number of carbonyl (C=O) groups excluding carboxylic acids is 1. The second-order valence-corrected chi connectivity index (χ2v) is 6.42. The quantitative estimate of drug-likeness (QED) is 0.908. The van der Waals surface area contributed by atoms with Gasteiger partial charge in [0, 0.05) is 24.9 Å². The summed E-state index contributed by atoms with van der Waals surface area (Å²) in [6.45, 7) is 4.25. The molecule has 1 saturated heterocycles. The van der Waals surface area contributed by atoms with Crippen molar-refractivity contribution in [2.45, 2.75) is 45.3 Å². The summed E-state index contributed by atoms with van der Waals surface area (Å²) in [4.78, 5) is 22.0.